The molecule has 1 amide bonds. The molecule has 1 aliphatic rings. The number of nitrogens with one attached hydrogen (secondary N) is 1. The summed E-state index contributed by atoms with van der Waals surface area (Å²) in [6, 6.07) is 7.90. The second-order valence-corrected chi connectivity index (χ2v) is 4.58. The van der Waals surface area contributed by atoms with Gasteiger partial charge in [0.2, 0.25) is 5.91 Å². The van der Waals surface area contributed by atoms with Crippen LogP contribution in [0.2, 0.25) is 0 Å². The van der Waals surface area contributed by atoms with Gasteiger partial charge in [0.1, 0.15) is 5.75 Å². The number of ether oxygens (including phenoxy) is 1. The third kappa shape index (κ3) is 3.45. The zero-order valence-electron chi connectivity index (χ0n) is 10.6. The van der Waals surface area contributed by atoms with Gasteiger partial charge in [0.05, 0.1) is 13.7 Å². The van der Waals surface area contributed by atoms with E-state index in [2.05, 4.69) is 5.32 Å². The molecule has 5 heteroatoms. The summed E-state index contributed by atoms with van der Waals surface area (Å²) in [6.07, 6.45) is 0. The van der Waals surface area contributed by atoms with Crippen LogP contribution in [0.1, 0.15) is 5.56 Å². The van der Waals surface area contributed by atoms with Crippen molar-refractivity contribution < 1.29 is 9.53 Å². The molecule has 1 aliphatic heterocycles. The quantitative estimate of drug-likeness (QED) is 0.768. The average Bonchev–Trinajstić information content (AvgIpc) is 2.35. The monoisotopic (exact) mass is 249 g/mol. The SMILES string of the molecule is COc1cccc(CNC(=O)CN2CC(N)C2)c1. The Kier molecular flexibility index (Phi) is 4.17. The topological polar surface area (TPSA) is 67.6 Å². The molecule has 2 rings (SSSR count). The number of carbonyl (C=O) groups excluding carboxylic acids is 1. The predicted octanol–water partition coefficient (Wildman–Crippen LogP) is -0.0457. The number of nitrogens with zero attached hydrogens (tertiary/aromatic N) is 1. The van der Waals surface area contributed by atoms with E-state index in [1.165, 1.54) is 0 Å². The summed E-state index contributed by atoms with van der Waals surface area (Å²) in [6.45, 7) is 2.58. The molecule has 0 bridgehead atoms. The van der Waals surface area contributed by atoms with E-state index in [-0.39, 0.29) is 11.9 Å². The molecule has 0 aromatic heterocycles. The second kappa shape index (κ2) is 5.84. The summed E-state index contributed by atoms with van der Waals surface area (Å²) >= 11 is 0. The van der Waals surface area contributed by atoms with Crippen molar-refractivity contribution in [2.45, 2.75) is 12.6 Å². The van der Waals surface area contributed by atoms with E-state index < -0.39 is 0 Å². The van der Waals surface area contributed by atoms with E-state index in [1.807, 2.05) is 29.2 Å². The maximum absolute atomic E-state index is 11.7. The van der Waals surface area contributed by atoms with Crippen molar-refractivity contribution in [2.24, 2.45) is 5.73 Å². The van der Waals surface area contributed by atoms with Crippen LogP contribution >= 0.6 is 0 Å². The van der Waals surface area contributed by atoms with E-state index in [9.17, 15) is 4.79 Å². The van der Waals surface area contributed by atoms with Gasteiger partial charge in [-0.3, -0.25) is 9.69 Å². The van der Waals surface area contributed by atoms with Gasteiger partial charge in [-0.25, -0.2) is 0 Å². The molecular formula is C13H19N3O2. The van der Waals surface area contributed by atoms with Crippen molar-refractivity contribution in [1.29, 1.82) is 0 Å². The first-order valence-electron chi connectivity index (χ1n) is 6.05. The van der Waals surface area contributed by atoms with Crippen LogP contribution in [0.25, 0.3) is 0 Å². The molecule has 1 aromatic carbocycles. The number of hydrogen-bond acceptors (Lipinski definition) is 4. The lowest BCUT2D eigenvalue weighted by molar-refractivity contribution is -0.123. The molecule has 3 N–H and O–H groups in total. The van der Waals surface area contributed by atoms with Gasteiger partial charge in [0.15, 0.2) is 0 Å². The first-order chi connectivity index (χ1) is 8.67. The Morgan fingerprint density at radius 1 is 1.56 bits per heavy atom. The molecule has 0 radical (unpaired) electrons. The minimum Gasteiger partial charge on any atom is -0.497 e. The van der Waals surface area contributed by atoms with Crippen LogP contribution in [0.3, 0.4) is 0 Å². The van der Waals surface area contributed by atoms with E-state index in [1.54, 1.807) is 7.11 Å². The highest BCUT2D eigenvalue weighted by molar-refractivity contribution is 5.78. The summed E-state index contributed by atoms with van der Waals surface area (Å²) in [5.41, 5.74) is 6.68. The van der Waals surface area contributed by atoms with Gasteiger partial charge >= 0.3 is 0 Å². The van der Waals surface area contributed by atoms with Gasteiger partial charge < -0.3 is 15.8 Å². The van der Waals surface area contributed by atoms with Gasteiger partial charge in [-0.1, -0.05) is 12.1 Å². The number of hydrogen-bond donors (Lipinski definition) is 2. The predicted molar refractivity (Wildman–Crippen MR) is 69.3 cm³/mol. The third-order valence-corrected chi connectivity index (χ3v) is 2.98. The molecule has 1 saturated heterocycles. The smallest absolute Gasteiger partial charge is 0.234 e. The van der Waals surface area contributed by atoms with Crippen molar-refractivity contribution in [1.82, 2.24) is 10.2 Å². The van der Waals surface area contributed by atoms with Gasteiger partial charge in [-0.05, 0) is 17.7 Å². The summed E-state index contributed by atoms with van der Waals surface area (Å²) in [5.74, 6) is 0.834. The highest BCUT2D eigenvalue weighted by atomic mass is 16.5. The maximum Gasteiger partial charge on any atom is 0.234 e. The number of amides is 1. The standard InChI is InChI=1S/C13H19N3O2/c1-18-12-4-2-3-10(5-12)6-15-13(17)9-16-7-11(14)8-16/h2-5,11H,6-9,14H2,1H3,(H,15,17). The largest absolute Gasteiger partial charge is 0.497 e. The van der Waals surface area contributed by atoms with Crippen molar-refractivity contribution in [3.63, 3.8) is 0 Å². The molecule has 1 heterocycles. The Morgan fingerprint density at radius 3 is 3.00 bits per heavy atom. The lowest BCUT2D eigenvalue weighted by Gasteiger charge is -2.36. The number of carbonyl (C=O) groups is 1. The first-order valence-corrected chi connectivity index (χ1v) is 6.05. The van der Waals surface area contributed by atoms with Crippen molar-refractivity contribution >= 4 is 5.91 Å². The molecule has 0 atom stereocenters. The highest BCUT2D eigenvalue weighted by Crippen LogP contribution is 2.12. The summed E-state index contributed by atoms with van der Waals surface area (Å²) in [5, 5.41) is 2.89. The fourth-order valence-corrected chi connectivity index (χ4v) is 1.98. The maximum atomic E-state index is 11.7. The number of benzene rings is 1. The van der Waals surface area contributed by atoms with Crippen molar-refractivity contribution in [2.75, 3.05) is 26.7 Å². The van der Waals surface area contributed by atoms with Crippen LogP contribution in [0.5, 0.6) is 5.75 Å². The van der Waals surface area contributed by atoms with Crippen molar-refractivity contribution in [3.05, 3.63) is 29.8 Å². The van der Waals surface area contributed by atoms with E-state index in [0.29, 0.717) is 13.1 Å². The van der Waals surface area contributed by atoms with Crippen LogP contribution in [-0.4, -0.2) is 43.6 Å². The zero-order valence-corrected chi connectivity index (χ0v) is 10.6. The molecule has 98 valence electrons. The Labute approximate surface area is 107 Å². The summed E-state index contributed by atoms with van der Waals surface area (Å²) in [7, 11) is 1.63. The summed E-state index contributed by atoms with van der Waals surface area (Å²) in [4.78, 5) is 13.7. The van der Waals surface area contributed by atoms with Crippen molar-refractivity contribution in [3.8, 4) is 5.75 Å². The molecule has 1 fully saturated rings. The fourth-order valence-electron chi connectivity index (χ4n) is 1.98. The van der Waals surface area contributed by atoms with E-state index in [0.717, 1.165) is 24.4 Å². The van der Waals surface area contributed by atoms with Crippen LogP contribution in [-0.2, 0) is 11.3 Å². The fraction of sp³-hybridized carbons (Fsp3) is 0.462. The second-order valence-electron chi connectivity index (χ2n) is 4.58. The third-order valence-electron chi connectivity index (χ3n) is 2.98. The Bertz CT molecular complexity index is 416. The first kappa shape index (κ1) is 12.9. The van der Waals surface area contributed by atoms with Crippen LogP contribution < -0.4 is 15.8 Å². The van der Waals surface area contributed by atoms with Gasteiger partial charge in [-0.15, -0.1) is 0 Å². The number of likely N-dealkylation sites (tertiary alicyclic amines) is 1. The summed E-state index contributed by atoms with van der Waals surface area (Å²) < 4.78 is 5.13. The lowest BCUT2D eigenvalue weighted by atomic mass is 10.1. The van der Waals surface area contributed by atoms with Gasteiger partial charge in [-0.2, -0.15) is 0 Å². The Hall–Kier alpha value is -1.59. The highest BCUT2D eigenvalue weighted by Gasteiger charge is 2.24. The molecular weight excluding hydrogens is 230 g/mol. The van der Waals surface area contributed by atoms with Gasteiger partial charge in [0.25, 0.3) is 0 Å². The number of methoxy groups -OCH3 is 1. The van der Waals surface area contributed by atoms with E-state index >= 15 is 0 Å². The number of rotatable bonds is 5. The average molecular weight is 249 g/mol. The Morgan fingerprint density at radius 2 is 2.33 bits per heavy atom. The normalized spacial score (nSPS) is 16.1. The van der Waals surface area contributed by atoms with Gasteiger partial charge in [0, 0.05) is 25.7 Å². The molecule has 0 spiro atoms. The molecule has 0 unspecified atom stereocenters. The van der Waals surface area contributed by atoms with Crippen LogP contribution in [0.15, 0.2) is 24.3 Å². The lowest BCUT2D eigenvalue weighted by Crippen LogP contribution is -2.57. The molecule has 5 nitrogen and oxygen atoms in total. The zero-order chi connectivity index (χ0) is 13.0. The molecule has 0 saturated carbocycles. The number of nitrogens with two attached hydrogens (primary N) is 1. The molecule has 18 heavy (non-hydrogen) atoms. The minimum atomic E-state index is 0.0321. The molecule has 1 aromatic rings. The molecule has 0 aliphatic carbocycles. The van der Waals surface area contributed by atoms with E-state index in [4.69, 9.17) is 10.5 Å². The van der Waals surface area contributed by atoms with Crippen LogP contribution in [0, 0.1) is 0 Å². The minimum absolute atomic E-state index is 0.0321. The Balaban J connectivity index is 1.74. The van der Waals surface area contributed by atoms with Crippen LogP contribution in [0.4, 0.5) is 0 Å².